The fourth-order valence-corrected chi connectivity index (χ4v) is 1.60. The monoisotopic (exact) mass is 259 g/mol. The van der Waals surface area contributed by atoms with Gasteiger partial charge in [-0.2, -0.15) is 0 Å². The molecule has 1 aromatic carbocycles. The average Bonchev–Trinajstić information content (AvgIpc) is 2.45. The molecule has 1 heterocycles. The van der Waals surface area contributed by atoms with Crippen molar-refractivity contribution in [2.24, 2.45) is 0 Å². The predicted molar refractivity (Wildman–Crippen MR) is 71.4 cm³/mol. The molecule has 0 fully saturated rings. The van der Waals surface area contributed by atoms with Crippen LogP contribution in [0.2, 0.25) is 0 Å². The summed E-state index contributed by atoms with van der Waals surface area (Å²) in [5, 5.41) is 5.61. The Morgan fingerprint density at radius 3 is 2.79 bits per heavy atom. The van der Waals surface area contributed by atoms with Gasteiger partial charge < -0.3 is 10.6 Å². The van der Waals surface area contributed by atoms with Crippen molar-refractivity contribution in [3.8, 4) is 0 Å². The number of halogens is 1. The van der Waals surface area contributed by atoms with Crippen molar-refractivity contribution in [1.82, 2.24) is 10.3 Å². The summed E-state index contributed by atoms with van der Waals surface area (Å²) in [5.41, 5.74) is 1.87. The van der Waals surface area contributed by atoms with E-state index >= 15 is 0 Å². The van der Waals surface area contributed by atoms with Crippen LogP contribution in [0, 0.1) is 5.82 Å². The molecule has 0 aliphatic rings. The molecule has 98 valence electrons. The van der Waals surface area contributed by atoms with E-state index in [1.165, 1.54) is 12.1 Å². The molecule has 0 spiro atoms. The first kappa shape index (κ1) is 13.0. The highest BCUT2D eigenvalue weighted by Crippen LogP contribution is 2.06. The molecule has 2 N–H and O–H groups in total. The second kappa shape index (κ2) is 5.95. The Kier molecular flexibility index (Phi) is 4.07. The van der Waals surface area contributed by atoms with Crippen LogP contribution in [0.3, 0.4) is 0 Å². The van der Waals surface area contributed by atoms with Gasteiger partial charge in [0, 0.05) is 13.6 Å². The number of nitrogens with zero attached hydrogens (tertiary/aromatic N) is 1. The molecule has 2 aromatic rings. The minimum atomic E-state index is -0.316. The molecule has 4 nitrogen and oxygen atoms in total. The van der Waals surface area contributed by atoms with Crippen LogP contribution in [0.5, 0.6) is 0 Å². The fraction of sp³-hybridized carbons (Fsp3) is 0.143. The molecule has 5 heteroatoms. The summed E-state index contributed by atoms with van der Waals surface area (Å²) in [7, 11) is 1.78. The smallest absolute Gasteiger partial charge is 0.270 e. The zero-order chi connectivity index (χ0) is 13.7. The molecule has 0 atom stereocenters. The first-order chi connectivity index (χ1) is 9.19. The van der Waals surface area contributed by atoms with E-state index in [-0.39, 0.29) is 18.3 Å². The summed E-state index contributed by atoms with van der Waals surface area (Å²) in [5.74, 6) is -0.602. The Balaban J connectivity index is 1.97. The van der Waals surface area contributed by atoms with Gasteiger partial charge >= 0.3 is 0 Å². The number of benzene rings is 1. The number of carbonyl (C=O) groups is 1. The highest BCUT2D eigenvalue weighted by molar-refractivity contribution is 5.92. The lowest BCUT2D eigenvalue weighted by Crippen LogP contribution is -2.23. The topological polar surface area (TPSA) is 54.0 Å². The molecule has 0 saturated carbocycles. The van der Waals surface area contributed by atoms with Gasteiger partial charge in [0.2, 0.25) is 0 Å². The normalized spacial score (nSPS) is 10.0. The molecule has 0 aliphatic carbocycles. The van der Waals surface area contributed by atoms with Crippen molar-refractivity contribution in [3.05, 3.63) is 59.7 Å². The number of aromatic nitrogens is 1. The van der Waals surface area contributed by atoms with Crippen LogP contribution in [0.4, 0.5) is 10.1 Å². The van der Waals surface area contributed by atoms with Gasteiger partial charge in [0.25, 0.3) is 5.91 Å². The summed E-state index contributed by atoms with van der Waals surface area (Å²) in [6.07, 6.45) is 1.58. The summed E-state index contributed by atoms with van der Waals surface area (Å²) < 4.78 is 13.0. The van der Waals surface area contributed by atoms with E-state index in [1.54, 1.807) is 37.5 Å². The lowest BCUT2D eigenvalue weighted by atomic mass is 10.2. The molecular formula is C14H14FN3O. The largest absolute Gasteiger partial charge is 0.387 e. The van der Waals surface area contributed by atoms with Gasteiger partial charge in [0.1, 0.15) is 11.5 Å². The number of pyridine rings is 1. The van der Waals surface area contributed by atoms with Crippen LogP contribution in [0.15, 0.2) is 42.6 Å². The van der Waals surface area contributed by atoms with Crippen molar-refractivity contribution in [3.63, 3.8) is 0 Å². The van der Waals surface area contributed by atoms with Gasteiger partial charge in [-0.05, 0) is 29.8 Å². The summed E-state index contributed by atoms with van der Waals surface area (Å²) in [6, 6.07) is 9.51. The van der Waals surface area contributed by atoms with E-state index in [0.29, 0.717) is 11.3 Å². The van der Waals surface area contributed by atoms with Gasteiger partial charge in [0.15, 0.2) is 0 Å². The zero-order valence-electron chi connectivity index (χ0n) is 10.5. The number of amides is 1. The van der Waals surface area contributed by atoms with E-state index in [4.69, 9.17) is 0 Å². The van der Waals surface area contributed by atoms with Crippen LogP contribution in [0.1, 0.15) is 16.1 Å². The van der Waals surface area contributed by atoms with Crippen molar-refractivity contribution in [2.75, 3.05) is 12.4 Å². The van der Waals surface area contributed by atoms with E-state index in [0.717, 1.165) is 5.69 Å². The van der Waals surface area contributed by atoms with Crippen LogP contribution < -0.4 is 10.6 Å². The zero-order valence-corrected chi connectivity index (χ0v) is 10.5. The fourth-order valence-electron chi connectivity index (χ4n) is 1.60. The van der Waals surface area contributed by atoms with Crippen molar-refractivity contribution in [1.29, 1.82) is 0 Å². The lowest BCUT2D eigenvalue weighted by molar-refractivity contribution is 0.0946. The molecule has 19 heavy (non-hydrogen) atoms. The first-order valence-electron chi connectivity index (χ1n) is 5.85. The van der Waals surface area contributed by atoms with E-state index in [9.17, 15) is 9.18 Å². The van der Waals surface area contributed by atoms with Gasteiger partial charge in [-0.1, -0.05) is 12.1 Å². The molecular weight excluding hydrogens is 245 g/mol. The molecule has 0 unspecified atom stereocenters. The van der Waals surface area contributed by atoms with E-state index in [1.807, 2.05) is 0 Å². The van der Waals surface area contributed by atoms with E-state index < -0.39 is 0 Å². The molecule has 1 amide bonds. The number of nitrogens with one attached hydrogen (secondary N) is 2. The van der Waals surface area contributed by atoms with Crippen LogP contribution in [0.25, 0.3) is 0 Å². The van der Waals surface area contributed by atoms with Crippen LogP contribution >= 0.6 is 0 Å². The molecule has 2 rings (SSSR count). The second-order valence-corrected chi connectivity index (χ2v) is 3.99. The molecule has 0 saturated heterocycles. The molecule has 0 radical (unpaired) electrons. The van der Waals surface area contributed by atoms with Crippen LogP contribution in [-0.4, -0.2) is 17.9 Å². The minimum Gasteiger partial charge on any atom is -0.387 e. The maximum Gasteiger partial charge on any atom is 0.270 e. The number of anilines is 1. The number of hydrogen-bond acceptors (Lipinski definition) is 3. The second-order valence-electron chi connectivity index (χ2n) is 3.99. The summed E-state index contributed by atoms with van der Waals surface area (Å²) in [6.45, 7) is 0.270. The highest BCUT2D eigenvalue weighted by Gasteiger charge is 2.06. The first-order valence-corrected chi connectivity index (χ1v) is 5.85. The SMILES string of the molecule is CNc1ccc(C(=O)NCc2cccc(F)c2)nc1. The summed E-state index contributed by atoms with van der Waals surface area (Å²) in [4.78, 5) is 15.8. The number of carbonyl (C=O) groups excluding carboxylic acids is 1. The molecule has 0 aliphatic heterocycles. The average molecular weight is 259 g/mol. The maximum atomic E-state index is 13.0. The Morgan fingerprint density at radius 1 is 1.32 bits per heavy atom. The van der Waals surface area contributed by atoms with E-state index in [2.05, 4.69) is 15.6 Å². The summed E-state index contributed by atoms with van der Waals surface area (Å²) >= 11 is 0. The quantitative estimate of drug-likeness (QED) is 0.885. The Morgan fingerprint density at radius 2 is 2.16 bits per heavy atom. The van der Waals surface area contributed by atoms with Gasteiger partial charge in [-0.3, -0.25) is 4.79 Å². The van der Waals surface area contributed by atoms with Crippen molar-refractivity contribution in [2.45, 2.75) is 6.54 Å². The standard InChI is InChI=1S/C14H14FN3O/c1-16-12-5-6-13(17-9-12)14(19)18-8-10-3-2-4-11(15)7-10/h2-7,9,16H,8H2,1H3,(H,18,19). The Hall–Kier alpha value is -2.43. The minimum absolute atomic E-state index is 0.270. The molecule has 1 aromatic heterocycles. The van der Waals surface area contributed by atoms with Gasteiger partial charge in [-0.15, -0.1) is 0 Å². The van der Waals surface area contributed by atoms with Gasteiger partial charge in [-0.25, -0.2) is 9.37 Å². The third-order valence-corrected chi connectivity index (χ3v) is 2.63. The predicted octanol–water partition coefficient (Wildman–Crippen LogP) is 2.19. The number of rotatable bonds is 4. The van der Waals surface area contributed by atoms with Crippen LogP contribution in [-0.2, 0) is 6.54 Å². The van der Waals surface area contributed by atoms with Crippen molar-refractivity contribution >= 4 is 11.6 Å². The number of hydrogen-bond donors (Lipinski definition) is 2. The molecule has 0 bridgehead atoms. The third kappa shape index (κ3) is 3.51. The van der Waals surface area contributed by atoms with Gasteiger partial charge in [0.05, 0.1) is 11.9 Å². The lowest BCUT2D eigenvalue weighted by Gasteiger charge is -2.05. The maximum absolute atomic E-state index is 13.0. The highest BCUT2D eigenvalue weighted by atomic mass is 19.1. The Labute approximate surface area is 110 Å². The Bertz CT molecular complexity index is 569. The third-order valence-electron chi connectivity index (χ3n) is 2.63. The van der Waals surface area contributed by atoms with Crippen molar-refractivity contribution < 1.29 is 9.18 Å².